The van der Waals surface area contributed by atoms with Crippen molar-refractivity contribution in [2.45, 2.75) is 23.8 Å². The number of hydrogen-bond donors (Lipinski definition) is 1. The summed E-state index contributed by atoms with van der Waals surface area (Å²) in [6, 6.07) is 13.6. The molecule has 3 rings (SSSR count). The fraction of sp³-hybridized carbons (Fsp3) is 0.278. The van der Waals surface area contributed by atoms with Crippen LogP contribution in [0.25, 0.3) is 0 Å². The first-order valence-electron chi connectivity index (χ1n) is 8.07. The molecule has 1 aliphatic heterocycles. The summed E-state index contributed by atoms with van der Waals surface area (Å²) in [5.74, 6) is -0.801. The van der Waals surface area contributed by atoms with Gasteiger partial charge >= 0.3 is 0 Å². The number of carbonyl (C=O) groups excluding carboxylic acids is 1. The first kappa shape index (κ1) is 17.6. The molecule has 7 heteroatoms. The van der Waals surface area contributed by atoms with Crippen LogP contribution in [0.15, 0.2) is 59.5 Å². The molecule has 0 bridgehead atoms. The molecule has 0 saturated carbocycles. The lowest BCUT2D eigenvalue weighted by atomic mass is 10.1. The van der Waals surface area contributed by atoms with Gasteiger partial charge in [-0.05, 0) is 24.1 Å². The van der Waals surface area contributed by atoms with Gasteiger partial charge in [0.2, 0.25) is 15.9 Å². The zero-order valence-electron chi connectivity index (χ0n) is 13.6. The standard InChI is InChI=1S/C18H19FN2O3S/c19-15-9-4-5-10-17(15)25(23,24)20-16(14-7-2-1-3-8-14)13-21-12-6-11-18(21)22/h1-5,7-10,16,20H,6,11-13H2/t16-/m1/s1. The largest absolute Gasteiger partial charge is 0.341 e. The van der Waals surface area contributed by atoms with E-state index in [1.54, 1.807) is 29.2 Å². The second kappa shape index (κ2) is 7.33. The maximum absolute atomic E-state index is 13.9. The molecule has 1 fully saturated rings. The number of hydrogen-bond acceptors (Lipinski definition) is 3. The minimum absolute atomic E-state index is 0.00557. The fourth-order valence-corrected chi connectivity index (χ4v) is 4.22. The number of benzene rings is 2. The first-order chi connectivity index (χ1) is 12.0. The number of carbonyl (C=O) groups is 1. The molecule has 2 aromatic carbocycles. The number of amides is 1. The third-order valence-electron chi connectivity index (χ3n) is 4.20. The number of rotatable bonds is 6. The van der Waals surface area contributed by atoms with Crippen LogP contribution in [0.5, 0.6) is 0 Å². The predicted octanol–water partition coefficient (Wildman–Crippen LogP) is 2.47. The van der Waals surface area contributed by atoms with Gasteiger partial charge in [-0.2, -0.15) is 0 Å². The van der Waals surface area contributed by atoms with Gasteiger partial charge in [-0.15, -0.1) is 0 Å². The summed E-state index contributed by atoms with van der Waals surface area (Å²) < 4.78 is 41.7. The summed E-state index contributed by atoms with van der Waals surface area (Å²) in [6.45, 7) is 0.820. The molecule has 25 heavy (non-hydrogen) atoms. The predicted molar refractivity (Wildman–Crippen MR) is 91.7 cm³/mol. The highest BCUT2D eigenvalue weighted by atomic mass is 32.2. The molecule has 132 valence electrons. The molecule has 1 saturated heterocycles. The van der Waals surface area contributed by atoms with E-state index in [4.69, 9.17) is 0 Å². The Morgan fingerprint density at radius 1 is 1.08 bits per heavy atom. The number of sulfonamides is 1. The molecule has 1 amide bonds. The topological polar surface area (TPSA) is 66.5 Å². The van der Waals surface area contributed by atoms with Crippen molar-refractivity contribution >= 4 is 15.9 Å². The van der Waals surface area contributed by atoms with Crippen LogP contribution in [0.3, 0.4) is 0 Å². The number of halogens is 1. The van der Waals surface area contributed by atoms with Gasteiger partial charge in [-0.1, -0.05) is 42.5 Å². The summed E-state index contributed by atoms with van der Waals surface area (Å²) in [5, 5.41) is 0. The number of likely N-dealkylation sites (tertiary alicyclic amines) is 1. The highest BCUT2D eigenvalue weighted by molar-refractivity contribution is 7.89. The van der Waals surface area contributed by atoms with Gasteiger partial charge in [0.05, 0.1) is 6.04 Å². The number of nitrogens with zero attached hydrogens (tertiary/aromatic N) is 1. The molecule has 1 N–H and O–H groups in total. The van der Waals surface area contributed by atoms with Crippen LogP contribution in [-0.4, -0.2) is 32.3 Å². The smallest absolute Gasteiger partial charge is 0.244 e. The second-order valence-electron chi connectivity index (χ2n) is 5.96. The Kier molecular flexibility index (Phi) is 5.15. The molecule has 0 radical (unpaired) electrons. The average Bonchev–Trinajstić information content (AvgIpc) is 3.00. The van der Waals surface area contributed by atoms with Crippen molar-refractivity contribution in [2.75, 3.05) is 13.1 Å². The van der Waals surface area contributed by atoms with E-state index in [-0.39, 0.29) is 12.5 Å². The summed E-state index contributed by atoms with van der Waals surface area (Å²) in [6.07, 6.45) is 1.24. The summed E-state index contributed by atoms with van der Waals surface area (Å²) in [4.78, 5) is 13.2. The Hall–Kier alpha value is -2.25. The molecule has 2 aromatic rings. The Balaban J connectivity index is 1.89. The molecular weight excluding hydrogens is 343 g/mol. The quantitative estimate of drug-likeness (QED) is 0.858. The van der Waals surface area contributed by atoms with Crippen LogP contribution in [0.4, 0.5) is 4.39 Å². The van der Waals surface area contributed by atoms with Crippen molar-refractivity contribution < 1.29 is 17.6 Å². The normalized spacial score (nSPS) is 16.2. The Bertz CT molecular complexity index is 856. The van der Waals surface area contributed by atoms with Crippen LogP contribution >= 0.6 is 0 Å². The van der Waals surface area contributed by atoms with Crippen LogP contribution in [0, 0.1) is 5.82 Å². The molecule has 0 aromatic heterocycles. The van der Waals surface area contributed by atoms with Crippen molar-refractivity contribution in [3.8, 4) is 0 Å². The monoisotopic (exact) mass is 362 g/mol. The Morgan fingerprint density at radius 2 is 1.76 bits per heavy atom. The molecule has 0 spiro atoms. The van der Waals surface area contributed by atoms with E-state index in [0.717, 1.165) is 18.1 Å². The lowest BCUT2D eigenvalue weighted by Gasteiger charge is -2.25. The maximum Gasteiger partial charge on any atom is 0.244 e. The van der Waals surface area contributed by atoms with Crippen molar-refractivity contribution in [2.24, 2.45) is 0 Å². The second-order valence-corrected chi connectivity index (χ2v) is 7.64. The van der Waals surface area contributed by atoms with E-state index in [1.165, 1.54) is 18.2 Å². The van der Waals surface area contributed by atoms with E-state index in [1.807, 2.05) is 6.07 Å². The molecule has 1 aliphatic rings. The van der Waals surface area contributed by atoms with Crippen molar-refractivity contribution in [3.05, 3.63) is 66.0 Å². The summed E-state index contributed by atoms with van der Waals surface area (Å²) in [7, 11) is -4.06. The lowest BCUT2D eigenvalue weighted by Crippen LogP contribution is -2.38. The van der Waals surface area contributed by atoms with Crippen LogP contribution in [-0.2, 0) is 14.8 Å². The van der Waals surface area contributed by atoms with E-state index < -0.39 is 26.8 Å². The summed E-state index contributed by atoms with van der Waals surface area (Å²) in [5.41, 5.74) is 0.724. The molecular formula is C18H19FN2O3S. The molecule has 0 unspecified atom stereocenters. The first-order valence-corrected chi connectivity index (χ1v) is 9.55. The van der Waals surface area contributed by atoms with Gasteiger partial charge in [0.15, 0.2) is 0 Å². The van der Waals surface area contributed by atoms with Crippen LogP contribution in [0.2, 0.25) is 0 Å². The zero-order chi connectivity index (χ0) is 17.9. The van der Waals surface area contributed by atoms with Crippen LogP contribution < -0.4 is 4.72 Å². The van der Waals surface area contributed by atoms with Gasteiger partial charge in [0.1, 0.15) is 10.7 Å². The Morgan fingerprint density at radius 3 is 2.40 bits per heavy atom. The van der Waals surface area contributed by atoms with E-state index >= 15 is 0 Å². The van der Waals surface area contributed by atoms with Gasteiger partial charge in [0.25, 0.3) is 0 Å². The Labute approximate surface area is 146 Å². The van der Waals surface area contributed by atoms with Crippen molar-refractivity contribution in [1.82, 2.24) is 9.62 Å². The van der Waals surface area contributed by atoms with Crippen molar-refractivity contribution in [1.29, 1.82) is 0 Å². The van der Waals surface area contributed by atoms with Gasteiger partial charge in [0, 0.05) is 19.5 Å². The number of nitrogens with one attached hydrogen (secondary N) is 1. The lowest BCUT2D eigenvalue weighted by molar-refractivity contribution is -0.127. The van der Waals surface area contributed by atoms with E-state index in [9.17, 15) is 17.6 Å². The SMILES string of the molecule is O=C1CCCN1C[C@@H](NS(=O)(=O)c1ccccc1F)c1ccccc1. The average molecular weight is 362 g/mol. The fourth-order valence-electron chi connectivity index (χ4n) is 2.93. The van der Waals surface area contributed by atoms with Crippen molar-refractivity contribution in [3.63, 3.8) is 0 Å². The van der Waals surface area contributed by atoms with Gasteiger partial charge < -0.3 is 4.90 Å². The highest BCUT2D eigenvalue weighted by Crippen LogP contribution is 2.22. The van der Waals surface area contributed by atoms with E-state index in [0.29, 0.717) is 13.0 Å². The van der Waals surface area contributed by atoms with Gasteiger partial charge in [-0.25, -0.2) is 17.5 Å². The molecule has 5 nitrogen and oxygen atoms in total. The zero-order valence-corrected chi connectivity index (χ0v) is 14.4. The third-order valence-corrected chi connectivity index (χ3v) is 5.70. The van der Waals surface area contributed by atoms with Crippen LogP contribution in [0.1, 0.15) is 24.4 Å². The third kappa shape index (κ3) is 4.05. The maximum atomic E-state index is 13.9. The minimum atomic E-state index is -4.06. The highest BCUT2D eigenvalue weighted by Gasteiger charge is 2.28. The molecule has 0 aliphatic carbocycles. The minimum Gasteiger partial charge on any atom is -0.341 e. The molecule has 1 heterocycles. The molecule has 1 atom stereocenters. The summed E-state index contributed by atoms with van der Waals surface area (Å²) >= 11 is 0. The van der Waals surface area contributed by atoms with Gasteiger partial charge in [-0.3, -0.25) is 4.79 Å². The van der Waals surface area contributed by atoms with E-state index in [2.05, 4.69) is 4.72 Å².